The average Bonchev–Trinajstić information content (AvgIpc) is 2.17. The van der Waals surface area contributed by atoms with Crippen LogP contribution in [0.15, 0.2) is 18.2 Å². The predicted octanol–water partition coefficient (Wildman–Crippen LogP) is 1.19. The van der Waals surface area contributed by atoms with Crippen molar-refractivity contribution in [3.63, 3.8) is 0 Å². The lowest BCUT2D eigenvalue weighted by molar-refractivity contribution is -0.136. The van der Waals surface area contributed by atoms with Crippen LogP contribution < -0.4 is 4.74 Å². The van der Waals surface area contributed by atoms with Gasteiger partial charge in [-0.25, -0.2) is 0 Å². The molecule has 0 aromatic heterocycles. The molecule has 0 saturated carbocycles. The largest absolute Gasteiger partial charge is 0.496 e. The summed E-state index contributed by atoms with van der Waals surface area (Å²) >= 11 is 0. The van der Waals surface area contributed by atoms with Crippen molar-refractivity contribution >= 4 is 5.97 Å². The van der Waals surface area contributed by atoms with Gasteiger partial charge in [-0.05, 0) is 12.1 Å². The Morgan fingerprint density at radius 3 is 2.86 bits per heavy atom. The molecule has 0 aliphatic carbocycles. The smallest absolute Gasteiger partial charge is 0.308 e. The Morgan fingerprint density at radius 1 is 1.64 bits per heavy atom. The van der Waals surface area contributed by atoms with Crippen LogP contribution in [0.1, 0.15) is 11.1 Å². The lowest BCUT2D eigenvalue weighted by Crippen LogP contribution is -2.04. The third kappa shape index (κ3) is 2.02. The highest BCUT2D eigenvalue weighted by Crippen LogP contribution is 2.22. The zero-order valence-electron chi connectivity index (χ0n) is 7.65. The lowest BCUT2D eigenvalue weighted by Gasteiger charge is -2.07. The van der Waals surface area contributed by atoms with E-state index in [0.717, 1.165) is 0 Å². The summed E-state index contributed by atoms with van der Waals surface area (Å²) in [6.07, 6.45) is -0.201. The second kappa shape index (κ2) is 4.28. The van der Waals surface area contributed by atoms with Crippen molar-refractivity contribution in [2.45, 2.75) is 6.42 Å². The fourth-order valence-corrected chi connectivity index (χ4v) is 1.20. The molecular weight excluding hydrogens is 182 g/mol. The van der Waals surface area contributed by atoms with E-state index < -0.39 is 5.97 Å². The molecule has 1 N–H and O–H groups in total. The van der Waals surface area contributed by atoms with Gasteiger partial charge in [0, 0.05) is 5.56 Å². The van der Waals surface area contributed by atoms with Gasteiger partial charge in [-0.3, -0.25) is 4.79 Å². The molecule has 1 rings (SSSR count). The zero-order chi connectivity index (χ0) is 10.6. The van der Waals surface area contributed by atoms with Gasteiger partial charge < -0.3 is 9.84 Å². The van der Waals surface area contributed by atoms with Crippen LogP contribution in [0.25, 0.3) is 0 Å². The summed E-state index contributed by atoms with van der Waals surface area (Å²) < 4.78 is 4.97. The summed E-state index contributed by atoms with van der Waals surface area (Å²) in [7, 11) is 1.45. The Balaban J connectivity index is 3.20. The molecular formula is C10H9NO3. The van der Waals surface area contributed by atoms with Crippen LogP contribution in [0.5, 0.6) is 5.75 Å². The molecule has 0 aliphatic heterocycles. The van der Waals surface area contributed by atoms with Crippen molar-refractivity contribution in [1.29, 1.82) is 5.26 Å². The molecule has 0 spiro atoms. The van der Waals surface area contributed by atoms with Gasteiger partial charge in [0.1, 0.15) is 5.75 Å². The molecule has 0 heterocycles. The fourth-order valence-electron chi connectivity index (χ4n) is 1.20. The maximum Gasteiger partial charge on any atom is 0.308 e. The second-order valence-electron chi connectivity index (χ2n) is 2.67. The summed E-state index contributed by atoms with van der Waals surface area (Å²) in [6, 6.07) is 6.80. The molecule has 0 fully saturated rings. The third-order valence-electron chi connectivity index (χ3n) is 1.80. The number of carbonyl (C=O) groups is 1. The predicted molar refractivity (Wildman–Crippen MR) is 49.0 cm³/mol. The monoisotopic (exact) mass is 191 g/mol. The van der Waals surface area contributed by atoms with E-state index in [2.05, 4.69) is 0 Å². The number of hydrogen-bond acceptors (Lipinski definition) is 3. The third-order valence-corrected chi connectivity index (χ3v) is 1.80. The van der Waals surface area contributed by atoms with E-state index in [1.807, 2.05) is 6.07 Å². The highest BCUT2D eigenvalue weighted by atomic mass is 16.5. The normalized spacial score (nSPS) is 9.14. The molecule has 0 aliphatic rings. The van der Waals surface area contributed by atoms with E-state index in [-0.39, 0.29) is 6.42 Å². The van der Waals surface area contributed by atoms with Gasteiger partial charge in [0.25, 0.3) is 0 Å². The van der Waals surface area contributed by atoms with Crippen molar-refractivity contribution in [1.82, 2.24) is 0 Å². The first kappa shape index (κ1) is 10.1. The number of hydrogen-bond donors (Lipinski definition) is 1. The first-order valence-corrected chi connectivity index (χ1v) is 3.96. The number of carboxylic acid groups (broad SMARTS) is 1. The van der Waals surface area contributed by atoms with Gasteiger partial charge in [-0.2, -0.15) is 5.26 Å². The molecule has 0 radical (unpaired) electrons. The number of ether oxygens (including phenoxy) is 1. The Labute approximate surface area is 81.4 Å². The molecule has 14 heavy (non-hydrogen) atoms. The van der Waals surface area contributed by atoms with Crippen LogP contribution in [0.4, 0.5) is 0 Å². The maximum atomic E-state index is 10.5. The zero-order valence-corrected chi connectivity index (χ0v) is 7.65. The van der Waals surface area contributed by atoms with E-state index in [9.17, 15) is 4.79 Å². The van der Waals surface area contributed by atoms with E-state index in [1.54, 1.807) is 18.2 Å². The van der Waals surface area contributed by atoms with Crippen molar-refractivity contribution in [3.8, 4) is 11.8 Å². The van der Waals surface area contributed by atoms with Crippen LogP contribution in [0.3, 0.4) is 0 Å². The second-order valence-corrected chi connectivity index (χ2v) is 2.67. The molecule has 0 saturated heterocycles. The van der Waals surface area contributed by atoms with E-state index in [4.69, 9.17) is 15.1 Å². The lowest BCUT2D eigenvalue weighted by atomic mass is 10.0. The SMILES string of the molecule is COc1cccc(C#N)c1CC(=O)O. The first-order chi connectivity index (χ1) is 6.69. The van der Waals surface area contributed by atoms with Crippen molar-refractivity contribution in [2.75, 3.05) is 7.11 Å². The molecule has 0 atom stereocenters. The summed E-state index contributed by atoms with van der Waals surface area (Å²) in [5, 5.41) is 17.4. The number of carboxylic acids is 1. The van der Waals surface area contributed by atoms with Crippen LogP contribution in [0, 0.1) is 11.3 Å². The fraction of sp³-hybridized carbons (Fsp3) is 0.200. The van der Waals surface area contributed by atoms with Crippen molar-refractivity contribution < 1.29 is 14.6 Å². The number of nitrogens with zero attached hydrogens (tertiary/aromatic N) is 1. The number of aliphatic carboxylic acids is 1. The molecule has 0 amide bonds. The number of rotatable bonds is 3. The van der Waals surface area contributed by atoms with Gasteiger partial charge in [0.2, 0.25) is 0 Å². The minimum absolute atomic E-state index is 0.201. The van der Waals surface area contributed by atoms with Gasteiger partial charge in [0.15, 0.2) is 0 Å². The van der Waals surface area contributed by atoms with Crippen LogP contribution in [-0.4, -0.2) is 18.2 Å². The Kier molecular flexibility index (Phi) is 3.08. The van der Waals surface area contributed by atoms with E-state index >= 15 is 0 Å². The Morgan fingerprint density at radius 2 is 2.36 bits per heavy atom. The highest BCUT2D eigenvalue weighted by Gasteiger charge is 2.11. The Hall–Kier alpha value is -2.02. The van der Waals surface area contributed by atoms with Gasteiger partial charge >= 0.3 is 5.97 Å². The summed E-state index contributed by atoms with van der Waals surface area (Å²) in [5.74, 6) is -0.544. The topological polar surface area (TPSA) is 70.3 Å². The molecule has 4 nitrogen and oxygen atoms in total. The summed E-state index contributed by atoms with van der Waals surface area (Å²) in [4.78, 5) is 10.5. The van der Waals surface area contributed by atoms with Crippen LogP contribution >= 0.6 is 0 Å². The number of nitriles is 1. The minimum Gasteiger partial charge on any atom is -0.496 e. The molecule has 0 bridgehead atoms. The molecule has 1 aromatic rings. The maximum absolute atomic E-state index is 10.5. The molecule has 4 heteroatoms. The summed E-state index contributed by atoms with van der Waals surface area (Å²) in [6.45, 7) is 0. The van der Waals surface area contributed by atoms with Gasteiger partial charge in [-0.1, -0.05) is 6.07 Å². The minimum atomic E-state index is -0.981. The first-order valence-electron chi connectivity index (χ1n) is 3.96. The Bertz CT molecular complexity index is 393. The quantitative estimate of drug-likeness (QED) is 0.779. The summed E-state index contributed by atoms with van der Waals surface area (Å²) in [5.41, 5.74) is 0.761. The van der Waals surface area contributed by atoms with E-state index in [0.29, 0.717) is 16.9 Å². The molecule has 0 unspecified atom stereocenters. The molecule has 1 aromatic carbocycles. The molecule has 72 valence electrons. The van der Waals surface area contributed by atoms with Crippen LogP contribution in [-0.2, 0) is 11.2 Å². The average molecular weight is 191 g/mol. The van der Waals surface area contributed by atoms with Crippen molar-refractivity contribution in [3.05, 3.63) is 29.3 Å². The standard InChI is InChI=1S/C10H9NO3/c1-14-9-4-2-3-7(6-11)8(9)5-10(12)13/h2-4H,5H2,1H3,(H,12,13). The highest BCUT2D eigenvalue weighted by molar-refractivity contribution is 5.72. The van der Waals surface area contributed by atoms with E-state index in [1.165, 1.54) is 7.11 Å². The van der Waals surface area contributed by atoms with Crippen molar-refractivity contribution in [2.24, 2.45) is 0 Å². The van der Waals surface area contributed by atoms with Crippen LogP contribution in [0.2, 0.25) is 0 Å². The number of benzene rings is 1. The number of methoxy groups -OCH3 is 1. The van der Waals surface area contributed by atoms with Gasteiger partial charge in [-0.15, -0.1) is 0 Å². The van der Waals surface area contributed by atoms with Gasteiger partial charge in [0.05, 0.1) is 25.2 Å².